The number of piperidine rings is 1. The predicted molar refractivity (Wildman–Crippen MR) is 125 cm³/mol. The third-order valence-corrected chi connectivity index (χ3v) is 6.70. The minimum atomic E-state index is -0.628. The summed E-state index contributed by atoms with van der Waals surface area (Å²) in [5.74, 6) is -0.631. The number of aromatic nitrogens is 4. The number of nitrogens with one attached hydrogen (secondary N) is 1. The number of benzene rings is 1. The van der Waals surface area contributed by atoms with Gasteiger partial charge in [-0.2, -0.15) is 11.3 Å². The Labute approximate surface area is 193 Å². The number of thiophene rings is 1. The third-order valence-electron chi connectivity index (χ3n) is 5.70. The van der Waals surface area contributed by atoms with Gasteiger partial charge >= 0.3 is 0 Å². The van der Waals surface area contributed by atoms with Crippen molar-refractivity contribution in [1.29, 1.82) is 0 Å². The van der Waals surface area contributed by atoms with Crippen molar-refractivity contribution in [3.05, 3.63) is 65.5 Å². The maximum absolute atomic E-state index is 15.2. The monoisotopic (exact) mass is 461 g/mol. The highest BCUT2D eigenvalue weighted by molar-refractivity contribution is 7.23. The van der Waals surface area contributed by atoms with Crippen molar-refractivity contribution in [2.24, 2.45) is 7.05 Å². The number of pyridine rings is 1. The van der Waals surface area contributed by atoms with Gasteiger partial charge in [-0.1, -0.05) is 11.3 Å². The number of anilines is 1. The lowest BCUT2D eigenvalue weighted by Crippen LogP contribution is -2.49. The molecule has 0 saturated carbocycles. The molecule has 1 aliphatic rings. The quantitative estimate of drug-likeness (QED) is 0.461. The van der Waals surface area contributed by atoms with Crippen LogP contribution in [-0.2, 0) is 7.05 Å². The second-order valence-corrected chi connectivity index (χ2v) is 8.95. The number of fused-ring (bicyclic) bond motifs is 1. The van der Waals surface area contributed by atoms with Gasteiger partial charge in [0.05, 0.1) is 24.4 Å². The Morgan fingerprint density at radius 2 is 2.24 bits per heavy atom. The van der Waals surface area contributed by atoms with E-state index in [4.69, 9.17) is 6.57 Å². The largest absolute Gasteiger partial charge is 0.315 e. The molecule has 8 nitrogen and oxygen atoms in total. The lowest BCUT2D eigenvalue weighted by Gasteiger charge is -2.34. The molecule has 1 saturated heterocycles. The van der Waals surface area contributed by atoms with Crippen LogP contribution in [0.15, 0.2) is 42.7 Å². The highest BCUT2D eigenvalue weighted by Gasteiger charge is 2.31. The van der Waals surface area contributed by atoms with Crippen LogP contribution in [0.2, 0.25) is 0 Å². The Kier molecular flexibility index (Phi) is 5.58. The second kappa shape index (κ2) is 8.69. The summed E-state index contributed by atoms with van der Waals surface area (Å²) in [7, 11) is 1.73. The average Bonchev–Trinajstić information content (AvgIpc) is 3.46. The molecule has 0 spiro atoms. The van der Waals surface area contributed by atoms with E-state index >= 15 is 4.39 Å². The van der Waals surface area contributed by atoms with Gasteiger partial charge < -0.3 is 5.32 Å². The molecule has 1 aliphatic heterocycles. The van der Waals surface area contributed by atoms with E-state index in [0.29, 0.717) is 28.6 Å². The van der Waals surface area contributed by atoms with Crippen LogP contribution in [-0.4, -0.2) is 45.0 Å². The zero-order valence-electron chi connectivity index (χ0n) is 17.8. The molecule has 0 radical (unpaired) electrons. The molecule has 1 atom stereocenters. The summed E-state index contributed by atoms with van der Waals surface area (Å²) >= 11 is 1.35. The van der Waals surface area contributed by atoms with E-state index in [1.54, 1.807) is 36.5 Å². The van der Waals surface area contributed by atoms with E-state index in [1.165, 1.54) is 28.2 Å². The van der Waals surface area contributed by atoms with Crippen LogP contribution in [0, 0.1) is 12.4 Å². The normalized spacial score (nSPS) is 16.0. The molecular weight excluding hydrogens is 441 g/mol. The van der Waals surface area contributed by atoms with Gasteiger partial charge in [0, 0.05) is 35.4 Å². The summed E-state index contributed by atoms with van der Waals surface area (Å²) in [6.07, 6.45) is 4.99. The molecule has 1 amide bonds. The lowest BCUT2D eigenvalue weighted by atomic mass is 10.0. The van der Waals surface area contributed by atoms with Gasteiger partial charge in [-0.25, -0.2) is 14.2 Å². The van der Waals surface area contributed by atoms with Gasteiger partial charge in [0.25, 0.3) is 5.91 Å². The molecule has 1 N–H and O–H groups in total. The number of aryl methyl sites for hydroxylation is 1. The number of hydrogen-bond acceptors (Lipinski definition) is 6. The minimum absolute atomic E-state index is 0.0346. The second-order valence-electron chi connectivity index (χ2n) is 7.89. The highest BCUT2D eigenvalue weighted by Crippen LogP contribution is 2.38. The molecule has 3 aromatic heterocycles. The standard InChI is InChI=1S/C23H20FN7OS/c1-25-21-11-17-20(33-21)7-9-27-22(17)31(15-4-3-8-26-12-15)23(32)16-6-5-14(10-18(16)24)19-13-30(2)29-28-19/h5-7,9-11,13,15,26H,3-4,8,12H2,2H3/t15-/m1/s1. The zero-order chi connectivity index (χ0) is 22.9. The molecule has 0 aliphatic carbocycles. The van der Waals surface area contributed by atoms with E-state index in [1.807, 2.05) is 6.07 Å². The third kappa shape index (κ3) is 3.97. The summed E-state index contributed by atoms with van der Waals surface area (Å²) in [5.41, 5.74) is 1.04. The van der Waals surface area contributed by atoms with Crippen molar-refractivity contribution >= 4 is 38.1 Å². The number of hydrogen-bond donors (Lipinski definition) is 1. The maximum Gasteiger partial charge on any atom is 0.262 e. The zero-order valence-corrected chi connectivity index (χ0v) is 18.6. The Balaban J connectivity index is 1.59. The predicted octanol–water partition coefficient (Wildman–Crippen LogP) is 4.18. The number of nitrogens with zero attached hydrogens (tertiary/aromatic N) is 6. The van der Waals surface area contributed by atoms with Crippen molar-refractivity contribution in [1.82, 2.24) is 25.3 Å². The van der Waals surface area contributed by atoms with Crippen LogP contribution in [0.25, 0.3) is 26.2 Å². The van der Waals surface area contributed by atoms with Crippen molar-refractivity contribution in [2.75, 3.05) is 18.0 Å². The first-order valence-electron chi connectivity index (χ1n) is 10.5. The molecule has 10 heteroatoms. The lowest BCUT2D eigenvalue weighted by molar-refractivity contribution is 0.0968. The summed E-state index contributed by atoms with van der Waals surface area (Å²) in [6.45, 7) is 8.81. The smallest absolute Gasteiger partial charge is 0.262 e. The Hall–Kier alpha value is -3.68. The van der Waals surface area contributed by atoms with E-state index < -0.39 is 11.7 Å². The molecule has 0 unspecified atom stereocenters. The fourth-order valence-corrected chi connectivity index (χ4v) is 4.97. The van der Waals surface area contributed by atoms with Gasteiger partial charge in [0.15, 0.2) is 0 Å². The van der Waals surface area contributed by atoms with Gasteiger partial charge in [0.1, 0.15) is 17.3 Å². The van der Waals surface area contributed by atoms with E-state index in [0.717, 1.165) is 29.5 Å². The number of amides is 1. The topological polar surface area (TPSA) is 80.3 Å². The van der Waals surface area contributed by atoms with E-state index in [-0.39, 0.29) is 11.6 Å². The van der Waals surface area contributed by atoms with E-state index in [9.17, 15) is 4.79 Å². The first-order chi connectivity index (χ1) is 16.0. The fourth-order valence-electron chi connectivity index (χ4n) is 4.13. The molecule has 4 heterocycles. The van der Waals surface area contributed by atoms with Crippen LogP contribution in [0.3, 0.4) is 0 Å². The van der Waals surface area contributed by atoms with Crippen LogP contribution in [0.1, 0.15) is 23.2 Å². The number of carbonyl (C=O) groups is 1. The number of carbonyl (C=O) groups excluding carboxylic acids is 1. The first kappa shape index (κ1) is 21.2. The molecule has 33 heavy (non-hydrogen) atoms. The van der Waals surface area contributed by atoms with Gasteiger partial charge in [-0.05, 0) is 43.7 Å². The molecule has 4 aromatic rings. The summed E-state index contributed by atoms with van der Waals surface area (Å²) in [6, 6.07) is 7.87. The Morgan fingerprint density at radius 1 is 1.36 bits per heavy atom. The summed E-state index contributed by atoms with van der Waals surface area (Å²) in [5, 5.41) is 12.5. The van der Waals surface area contributed by atoms with Crippen LogP contribution in [0.5, 0.6) is 0 Å². The summed E-state index contributed by atoms with van der Waals surface area (Å²) < 4.78 is 17.6. The molecule has 0 bridgehead atoms. The van der Waals surface area contributed by atoms with Crippen LogP contribution < -0.4 is 10.2 Å². The molecule has 1 aromatic carbocycles. The van der Waals surface area contributed by atoms with Gasteiger partial charge in [0.2, 0.25) is 5.00 Å². The number of rotatable bonds is 4. The van der Waals surface area contributed by atoms with Crippen molar-refractivity contribution in [3.8, 4) is 11.3 Å². The maximum atomic E-state index is 15.2. The minimum Gasteiger partial charge on any atom is -0.315 e. The summed E-state index contributed by atoms with van der Waals surface area (Å²) in [4.78, 5) is 23.4. The average molecular weight is 462 g/mol. The molecule has 166 valence electrons. The molecule has 1 fully saturated rings. The SMILES string of the molecule is [C-]#[N+]c1cc2c(N(C(=O)c3ccc(-c4cn(C)nn4)cc3F)[C@@H]3CCCNC3)nccc2s1. The van der Waals surface area contributed by atoms with Gasteiger partial charge in [-0.15, -0.1) is 5.10 Å². The van der Waals surface area contributed by atoms with Crippen molar-refractivity contribution in [3.63, 3.8) is 0 Å². The van der Waals surface area contributed by atoms with Gasteiger partial charge in [-0.3, -0.25) is 14.4 Å². The molecular formula is C23H20FN7OS. The van der Waals surface area contributed by atoms with Crippen molar-refractivity contribution in [2.45, 2.75) is 18.9 Å². The molecule has 5 rings (SSSR count). The van der Waals surface area contributed by atoms with Crippen LogP contribution in [0.4, 0.5) is 15.2 Å². The Bertz CT molecular complexity index is 1380. The Morgan fingerprint density at radius 3 is 2.94 bits per heavy atom. The number of halogens is 1. The van der Waals surface area contributed by atoms with Crippen LogP contribution >= 0.6 is 11.3 Å². The highest BCUT2D eigenvalue weighted by atomic mass is 32.1. The van der Waals surface area contributed by atoms with E-state index in [2.05, 4.69) is 25.5 Å². The fraction of sp³-hybridized carbons (Fsp3) is 0.261. The van der Waals surface area contributed by atoms with Crippen molar-refractivity contribution < 1.29 is 9.18 Å². The first-order valence-corrected chi connectivity index (χ1v) is 11.3.